The monoisotopic (exact) mass is 320 g/mol. The topological polar surface area (TPSA) is 63.0 Å². The maximum atomic E-state index is 12.5. The maximum absolute atomic E-state index is 12.5. The van der Waals surface area contributed by atoms with Gasteiger partial charge in [0, 0.05) is 11.8 Å². The SMILES string of the molecule is COc1cccc(C(=O)C(C#N)c2ccc(C(F)(F)F)cn2)c1. The number of carbonyl (C=O) groups is 1. The van der Waals surface area contributed by atoms with Crippen LogP contribution in [0.4, 0.5) is 13.2 Å². The zero-order valence-electron chi connectivity index (χ0n) is 12.0. The van der Waals surface area contributed by atoms with Gasteiger partial charge in [-0.1, -0.05) is 12.1 Å². The molecule has 0 aliphatic carbocycles. The number of pyridine rings is 1. The van der Waals surface area contributed by atoms with E-state index in [0.29, 0.717) is 11.9 Å². The van der Waals surface area contributed by atoms with Crippen LogP contribution in [0, 0.1) is 11.3 Å². The molecule has 0 spiro atoms. The highest BCUT2D eigenvalue weighted by atomic mass is 19.4. The lowest BCUT2D eigenvalue weighted by molar-refractivity contribution is -0.137. The minimum Gasteiger partial charge on any atom is -0.497 e. The molecule has 0 saturated heterocycles. The molecule has 118 valence electrons. The number of methoxy groups -OCH3 is 1. The van der Waals surface area contributed by atoms with Crippen LogP contribution in [0.25, 0.3) is 0 Å². The van der Waals surface area contributed by atoms with Crippen LogP contribution < -0.4 is 4.74 Å². The number of halogens is 3. The van der Waals surface area contributed by atoms with E-state index >= 15 is 0 Å². The third kappa shape index (κ3) is 3.66. The standard InChI is InChI=1S/C16H11F3N2O2/c1-23-12-4-2-3-10(7-12)15(22)13(8-20)14-6-5-11(9-21-14)16(17,18)19/h2-7,9,13H,1H3. The number of nitriles is 1. The minimum atomic E-state index is -4.52. The normalized spacial score (nSPS) is 12.3. The molecule has 0 radical (unpaired) electrons. The lowest BCUT2D eigenvalue weighted by Crippen LogP contribution is -2.14. The van der Waals surface area contributed by atoms with Crippen molar-refractivity contribution >= 4 is 5.78 Å². The third-order valence-electron chi connectivity index (χ3n) is 3.15. The van der Waals surface area contributed by atoms with Gasteiger partial charge in [-0.05, 0) is 24.3 Å². The van der Waals surface area contributed by atoms with Gasteiger partial charge in [-0.25, -0.2) is 0 Å². The van der Waals surface area contributed by atoms with Gasteiger partial charge in [-0.2, -0.15) is 18.4 Å². The van der Waals surface area contributed by atoms with E-state index in [1.165, 1.54) is 19.2 Å². The fourth-order valence-electron chi connectivity index (χ4n) is 1.95. The second kappa shape index (κ2) is 6.48. The molecule has 0 saturated carbocycles. The Morgan fingerprint density at radius 2 is 2.04 bits per heavy atom. The molecule has 0 aliphatic heterocycles. The Morgan fingerprint density at radius 1 is 1.30 bits per heavy atom. The number of nitrogens with zero attached hydrogens (tertiary/aromatic N) is 2. The molecular formula is C16H11F3N2O2. The molecule has 0 amide bonds. The number of ketones is 1. The first kappa shape index (κ1) is 16.5. The summed E-state index contributed by atoms with van der Waals surface area (Å²) in [6.45, 7) is 0. The number of hydrogen-bond donors (Lipinski definition) is 0. The molecule has 0 N–H and O–H groups in total. The van der Waals surface area contributed by atoms with Crippen molar-refractivity contribution in [1.29, 1.82) is 5.26 Å². The summed E-state index contributed by atoms with van der Waals surface area (Å²) >= 11 is 0. The van der Waals surface area contributed by atoms with Gasteiger partial charge in [0.25, 0.3) is 0 Å². The van der Waals surface area contributed by atoms with Crippen LogP contribution in [0.2, 0.25) is 0 Å². The molecule has 0 bridgehead atoms. The fourth-order valence-corrected chi connectivity index (χ4v) is 1.95. The van der Waals surface area contributed by atoms with Gasteiger partial charge in [0.2, 0.25) is 0 Å². The van der Waals surface area contributed by atoms with E-state index in [1.807, 2.05) is 0 Å². The first-order chi connectivity index (χ1) is 10.9. The van der Waals surface area contributed by atoms with Gasteiger partial charge in [-0.3, -0.25) is 9.78 Å². The van der Waals surface area contributed by atoms with Gasteiger partial charge < -0.3 is 4.74 Å². The van der Waals surface area contributed by atoms with Gasteiger partial charge >= 0.3 is 6.18 Å². The summed E-state index contributed by atoms with van der Waals surface area (Å²) in [6.07, 6.45) is -3.91. The molecule has 4 nitrogen and oxygen atoms in total. The Morgan fingerprint density at radius 3 is 2.57 bits per heavy atom. The molecule has 23 heavy (non-hydrogen) atoms. The number of hydrogen-bond acceptors (Lipinski definition) is 4. The van der Waals surface area contributed by atoms with E-state index in [9.17, 15) is 23.2 Å². The van der Waals surface area contributed by atoms with Gasteiger partial charge in [0.15, 0.2) is 11.7 Å². The highest BCUT2D eigenvalue weighted by molar-refractivity contribution is 6.02. The molecule has 1 heterocycles. The molecule has 1 atom stereocenters. The highest BCUT2D eigenvalue weighted by Crippen LogP contribution is 2.29. The zero-order chi connectivity index (χ0) is 17.0. The van der Waals surface area contributed by atoms with Crippen LogP contribution in [0.15, 0.2) is 42.6 Å². The Hall–Kier alpha value is -2.88. The number of carbonyl (C=O) groups excluding carboxylic acids is 1. The number of aromatic nitrogens is 1. The van der Waals surface area contributed by atoms with Crippen molar-refractivity contribution in [3.63, 3.8) is 0 Å². The summed E-state index contributed by atoms with van der Waals surface area (Å²) in [6, 6.07) is 9.78. The van der Waals surface area contributed by atoms with Crippen molar-refractivity contribution in [2.75, 3.05) is 7.11 Å². The van der Waals surface area contributed by atoms with Gasteiger partial charge in [0.05, 0.1) is 24.4 Å². The largest absolute Gasteiger partial charge is 0.497 e. The predicted octanol–water partition coefficient (Wildman–Crippen LogP) is 3.60. The smallest absolute Gasteiger partial charge is 0.417 e. The Balaban J connectivity index is 2.32. The Kier molecular flexibility index (Phi) is 4.65. The van der Waals surface area contributed by atoms with Crippen molar-refractivity contribution in [2.45, 2.75) is 12.1 Å². The average Bonchev–Trinajstić information content (AvgIpc) is 2.55. The van der Waals surface area contributed by atoms with Crippen molar-refractivity contribution in [1.82, 2.24) is 4.98 Å². The Bertz CT molecular complexity index is 749. The summed E-state index contributed by atoms with van der Waals surface area (Å²) in [5.74, 6) is -1.41. The molecule has 2 rings (SSSR count). The zero-order valence-corrected chi connectivity index (χ0v) is 12.0. The summed E-state index contributed by atoms with van der Waals surface area (Å²) in [7, 11) is 1.43. The van der Waals surface area contributed by atoms with Gasteiger partial charge in [-0.15, -0.1) is 0 Å². The molecule has 1 aromatic carbocycles. The summed E-state index contributed by atoms with van der Waals surface area (Å²) in [5.41, 5.74) is -0.752. The van der Waals surface area contributed by atoms with E-state index < -0.39 is 23.4 Å². The van der Waals surface area contributed by atoms with E-state index in [1.54, 1.807) is 18.2 Å². The van der Waals surface area contributed by atoms with Crippen LogP contribution in [-0.2, 0) is 6.18 Å². The number of Topliss-reactive ketones (excluding diaryl/α,β-unsaturated/α-hetero) is 1. The molecule has 1 unspecified atom stereocenters. The van der Waals surface area contributed by atoms with Crippen LogP contribution >= 0.6 is 0 Å². The molecule has 0 fully saturated rings. The van der Waals surface area contributed by atoms with E-state index in [2.05, 4.69) is 4.98 Å². The first-order valence-electron chi connectivity index (χ1n) is 6.48. The summed E-state index contributed by atoms with van der Waals surface area (Å²) in [5, 5.41) is 9.20. The van der Waals surface area contributed by atoms with Crippen LogP contribution in [-0.4, -0.2) is 17.9 Å². The number of benzene rings is 1. The first-order valence-corrected chi connectivity index (χ1v) is 6.48. The molecule has 1 aromatic heterocycles. The third-order valence-corrected chi connectivity index (χ3v) is 3.15. The average molecular weight is 320 g/mol. The van der Waals surface area contributed by atoms with Crippen molar-refractivity contribution in [3.05, 3.63) is 59.4 Å². The summed E-state index contributed by atoms with van der Waals surface area (Å²) < 4.78 is 42.6. The quantitative estimate of drug-likeness (QED) is 0.808. The van der Waals surface area contributed by atoms with E-state index in [-0.39, 0.29) is 11.3 Å². The van der Waals surface area contributed by atoms with Crippen molar-refractivity contribution < 1.29 is 22.7 Å². The highest BCUT2D eigenvalue weighted by Gasteiger charge is 2.31. The van der Waals surface area contributed by atoms with Crippen molar-refractivity contribution in [3.8, 4) is 11.8 Å². The molecule has 7 heteroatoms. The van der Waals surface area contributed by atoms with Crippen LogP contribution in [0.1, 0.15) is 27.5 Å². The lowest BCUT2D eigenvalue weighted by atomic mass is 9.95. The van der Waals surface area contributed by atoms with E-state index in [4.69, 9.17) is 4.74 Å². The number of rotatable bonds is 4. The lowest BCUT2D eigenvalue weighted by Gasteiger charge is -2.11. The molecule has 0 aliphatic rings. The maximum Gasteiger partial charge on any atom is 0.417 e. The second-order valence-electron chi connectivity index (χ2n) is 4.63. The Labute approximate surface area is 130 Å². The van der Waals surface area contributed by atoms with Gasteiger partial charge in [0.1, 0.15) is 5.75 Å². The van der Waals surface area contributed by atoms with Crippen LogP contribution in [0.3, 0.4) is 0 Å². The van der Waals surface area contributed by atoms with Crippen LogP contribution in [0.5, 0.6) is 5.75 Å². The molecular weight excluding hydrogens is 309 g/mol. The van der Waals surface area contributed by atoms with Crippen molar-refractivity contribution in [2.24, 2.45) is 0 Å². The molecule has 2 aromatic rings. The number of ether oxygens (including phenoxy) is 1. The van der Waals surface area contributed by atoms with E-state index in [0.717, 1.165) is 12.1 Å². The number of alkyl halides is 3. The summed E-state index contributed by atoms with van der Waals surface area (Å²) in [4.78, 5) is 16.0. The second-order valence-corrected chi connectivity index (χ2v) is 4.63. The predicted molar refractivity (Wildman–Crippen MR) is 74.9 cm³/mol. The fraction of sp³-hybridized carbons (Fsp3) is 0.188. The minimum absolute atomic E-state index is 0.0340.